The van der Waals surface area contributed by atoms with Crippen molar-refractivity contribution in [2.24, 2.45) is 0 Å². The van der Waals surface area contributed by atoms with E-state index < -0.39 is 0 Å². The molecule has 2 unspecified atom stereocenters. The second kappa shape index (κ2) is 5.16. The highest BCUT2D eigenvalue weighted by molar-refractivity contribution is 5.47. The third-order valence-corrected chi connectivity index (χ3v) is 2.74. The van der Waals surface area contributed by atoms with Crippen molar-refractivity contribution >= 4 is 5.69 Å². The maximum absolute atomic E-state index is 5.11. The van der Waals surface area contributed by atoms with Gasteiger partial charge in [-0.05, 0) is 30.7 Å². The van der Waals surface area contributed by atoms with Crippen LogP contribution < -0.4 is 26.4 Å². The van der Waals surface area contributed by atoms with Gasteiger partial charge in [0.05, 0.1) is 13.2 Å². The fraction of sp³-hybridized carbons (Fsp3) is 0.455. The highest BCUT2D eigenvalue weighted by Gasteiger charge is 2.24. The first-order chi connectivity index (χ1) is 7.83. The van der Waals surface area contributed by atoms with Crippen LogP contribution in [0.15, 0.2) is 24.3 Å². The highest BCUT2D eigenvalue weighted by Crippen LogP contribution is 2.16. The summed E-state index contributed by atoms with van der Waals surface area (Å²) >= 11 is 0. The molecule has 5 nitrogen and oxygen atoms in total. The van der Waals surface area contributed by atoms with Crippen molar-refractivity contribution in [3.8, 4) is 5.75 Å². The lowest BCUT2D eigenvalue weighted by Crippen LogP contribution is -2.40. The topological polar surface area (TPSA) is 57.3 Å². The minimum atomic E-state index is 0.193. The summed E-state index contributed by atoms with van der Waals surface area (Å²) in [6, 6.07) is 8.28. The molecule has 2 rings (SSSR count). The van der Waals surface area contributed by atoms with Crippen molar-refractivity contribution < 1.29 is 4.74 Å². The zero-order valence-corrected chi connectivity index (χ0v) is 9.58. The largest absolute Gasteiger partial charge is 0.497 e. The van der Waals surface area contributed by atoms with Crippen LogP contribution in [0.4, 0.5) is 5.69 Å². The van der Waals surface area contributed by atoms with E-state index >= 15 is 0 Å². The van der Waals surface area contributed by atoms with Gasteiger partial charge in [-0.1, -0.05) is 6.92 Å². The minimum absolute atomic E-state index is 0.193. The van der Waals surface area contributed by atoms with Gasteiger partial charge in [-0.3, -0.25) is 0 Å². The van der Waals surface area contributed by atoms with Crippen LogP contribution in [0.3, 0.4) is 0 Å². The second-order valence-electron chi connectivity index (χ2n) is 3.78. The molecule has 5 heteroatoms. The summed E-state index contributed by atoms with van der Waals surface area (Å²) in [7, 11) is 1.67. The first-order valence-corrected chi connectivity index (χ1v) is 5.50. The quantitative estimate of drug-likeness (QED) is 0.608. The van der Waals surface area contributed by atoms with Gasteiger partial charge in [-0.25, -0.2) is 10.9 Å². The van der Waals surface area contributed by atoms with Crippen molar-refractivity contribution in [1.29, 1.82) is 0 Å². The summed E-state index contributed by atoms with van der Waals surface area (Å²) in [6.45, 7) is 2.15. The Morgan fingerprint density at radius 1 is 1.25 bits per heavy atom. The third kappa shape index (κ3) is 2.44. The molecule has 0 radical (unpaired) electrons. The molecule has 0 aliphatic carbocycles. The number of nitrogens with one attached hydrogen (secondary N) is 4. The van der Waals surface area contributed by atoms with Crippen LogP contribution in [-0.4, -0.2) is 19.3 Å². The number of benzene rings is 1. The van der Waals surface area contributed by atoms with E-state index in [1.807, 2.05) is 24.3 Å². The first-order valence-electron chi connectivity index (χ1n) is 5.50. The van der Waals surface area contributed by atoms with Crippen LogP contribution in [-0.2, 0) is 0 Å². The minimum Gasteiger partial charge on any atom is -0.497 e. The lowest BCUT2D eigenvalue weighted by Gasteiger charge is -2.19. The number of methoxy groups -OCH3 is 1. The molecule has 1 heterocycles. The maximum atomic E-state index is 5.11. The molecule has 88 valence electrons. The van der Waals surface area contributed by atoms with Crippen molar-refractivity contribution in [3.05, 3.63) is 24.3 Å². The van der Waals surface area contributed by atoms with Crippen molar-refractivity contribution in [2.45, 2.75) is 25.6 Å². The number of ether oxygens (including phenoxy) is 1. The molecular weight excluding hydrogens is 204 g/mol. The smallest absolute Gasteiger partial charge is 0.119 e. The summed E-state index contributed by atoms with van der Waals surface area (Å²) in [5.41, 5.74) is 10.3. The number of anilines is 1. The van der Waals surface area contributed by atoms with Crippen molar-refractivity contribution in [3.63, 3.8) is 0 Å². The van der Waals surface area contributed by atoms with Crippen LogP contribution in [0, 0.1) is 0 Å². The fourth-order valence-electron chi connectivity index (χ4n) is 1.74. The van der Waals surface area contributed by atoms with E-state index in [9.17, 15) is 0 Å². The Labute approximate surface area is 95.5 Å². The van der Waals surface area contributed by atoms with E-state index in [4.69, 9.17) is 4.74 Å². The second-order valence-corrected chi connectivity index (χ2v) is 3.78. The van der Waals surface area contributed by atoms with Gasteiger partial charge in [-0.2, -0.15) is 5.53 Å². The summed E-state index contributed by atoms with van der Waals surface area (Å²) in [5, 5.41) is 3.40. The van der Waals surface area contributed by atoms with E-state index in [2.05, 4.69) is 28.6 Å². The predicted octanol–water partition coefficient (Wildman–Crippen LogP) is 0.824. The molecule has 4 N–H and O–H groups in total. The zero-order chi connectivity index (χ0) is 11.4. The zero-order valence-electron chi connectivity index (χ0n) is 9.58. The molecule has 0 spiro atoms. The van der Waals surface area contributed by atoms with Crippen LogP contribution in [0.5, 0.6) is 5.75 Å². The number of hydrogen-bond donors (Lipinski definition) is 4. The van der Waals surface area contributed by atoms with Crippen LogP contribution in [0.25, 0.3) is 0 Å². The Morgan fingerprint density at radius 3 is 2.62 bits per heavy atom. The Bertz CT molecular complexity index is 327. The monoisotopic (exact) mass is 222 g/mol. The molecule has 2 atom stereocenters. The first kappa shape index (κ1) is 11.2. The molecule has 0 aromatic heterocycles. The molecule has 16 heavy (non-hydrogen) atoms. The predicted molar refractivity (Wildman–Crippen MR) is 63.9 cm³/mol. The van der Waals surface area contributed by atoms with E-state index in [0.29, 0.717) is 6.04 Å². The molecule has 1 aromatic rings. The number of hydrazine groups is 2. The third-order valence-electron chi connectivity index (χ3n) is 2.74. The van der Waals surface area contributed by atoms with Crippen molar-refractivity contribution in [2.75, 3.05) is 12.4 Å². The van der Waals surface area contributed by atoms with Gasteiger partial charge in [0.15, 0.2) is 0 Å². The van der Waals surface area contributed by atoms with E-state index in [1.165, 1.54) is 0 Å². The van der Waals surface area contributed by atoms with E-state index in [0.717, 1.165) is 17.9 Å². The van der Waals surface area contributed by atoms with Crippen LogP contribution >= 0.6 is 0 Å². The van der Waals surface area contributed by atoms with Crippen LogP contribution in [0.2, 0.25) is 0 Å². The Morgan fingerprint density at radius 2 is 2.00 bits per heavy atom. The molecule has 1 fully saturated rings. The van der Waals surface area contributed by atoms with Crippen molar-refractivity contribution in [1.82, 2.24) is 16.4 Å². The molecule has 0 amide bonds. The molecule has 0 saturated carbocycles. The molecule has 1 aliphatic heterocycles. The molecule has 1 aliphatic rings. The summed E-state index contributed by atoms with van der Waals surface area (Å²) in [6.07, 6.45) is 1.24. The molecule has 1 aromatic carbocycles. The van der Waals surface area contributed by atoms with Gasteiger partial charge in [0, 0.05) is 5.69 Å². The summed E-state index contributed by atoms with van der Waals surface area (Å²) in [5.74, 6) is 0.869. The lowest BCUT2D eigenvalue weighted by molar-refractivity contribution is 0.415. The van der Waals surface area contributed by atoms with Gasteiger partial charge >= 0.3 is 0 Å². The lowest BCUT2D eigenvalue weighted by atomic mass is 10.2. The van der Waals surface area contributed by atoms with Gasteiger partial charge in [0.2, 0.25) is 0 Å². The normalized spacial score (nSPS) is 24.4. The number of rotatable bonds is 4. The Kier molecular flexibility index (Phi) is 3.61. The Hall–Kier alpha value is -1.30. The fourth-order valence-corrected chi connectivity index (χ4v) is 1.74. The highest BCUT2D eigenvalue weighted by atomic mass is 16.5. The van der Waals surface area contributed by atoms with E-state index in [1.54, 1.807) is 7.11 Å². The maximum Gasteiger partial charge on any atom is 0.119 e. The molecule has 0 bridgehead atoms. The number of hydrogen-bond acceptors (Lipinski definition) is 5. The van der Waals surface area contributed by atoms with Gasteiger partial charge in [0.25, 0.3) is 0 Å². The molecular formula is C11H18N4O. The van der Waals surface area contributed by atoms with Gasteiger partial charge in [-0.15, -0.1) is 0 Å². The molecule has 1 saturated heterocycles. The summed E-state index contributed by atoms with van der Waals surface area (Å²) in [4.78, 5) is 0. The van der Waals surface area contributed by atoms with Gasteiger partial charge in [0.1, 0.15) is 11.9 Å². The van der Waals surface area contributed by atoms with E-state index in [-0.39, 0.29) is 6.17 Å². The van der Waals surface area contributed by atoms with Crippen LogP contribution in [0.1, 0.15) is 13.3 Å². The summed E-state index contributed by atoms with van der Waals surface area (Å²) < 4.78 is 5.11. The average Bonchev–Trinajstić information content (AvgIpc) is 2.77. The standard InChI is InChI=1S/C11H18N4O/c1-3-10-11(14-15-13-10)12-8-4-6-9(16-2)7-5-8/h4-7,10-15H,3H2,1-2H3. The SMILES string of the molecule is CCC1NNNC1Nc1ccc(OC)cc1. The van der Waals surface area contributed by atoms with Gasteiger partial charge < -0.3 is 10.1 Å². The Balaban J connectivity index is 1.97. The average molecular weight is 222 g/mol.